The molecule has 0 spiro atoms. The minimum atomic E-state index is -0.345. The summed E-state index contributed by atoms with van der Waals surface area (Å²) < 4.78 is 4.43. The van der Waals surface area contributed by atoms with E-state index in [0.29, 0.717) is 31.9 Å². The maximum absolute atomic E-state index is 12.3. The largest absolute Gasteiger partial charge is 0.331 e. The Hall–Kier alpha value is -2.22. The Labute approximate surface area is 121 Å². The molecule has 0 saturated heterocycles. The second kappa shape index (κ2) is 6.98. The number of hydrogen-bond acceptors (Lipinski definition) is 5. The van der Waals surface area contributed by atoms with Gasteiger partial charge in [0.1, 0.15) is 12.2 Å². The lowest BCUT2D eigenvalue weighted by atomic mass is 10.4. The molecule has 8 nitrogen and oxygen atoms in total. The predicted molar refractivity (Wildman–Crippen MR) is 78.0 cm³/mol. The van der Waals surface area contributed by atoms with Crippen molar-refractivity contribution in [2.75, 3.05) is 6.54 Å². The minimum Gasteiger partial charge on any atom is -0.330 e. The van der Waals surface area contributed by atoms with Crippen molar-refractivity contribution in [2.24, 2.45) is 5.73 Å². The molecule has 21 heavy (non-hydrogen) atoms. The summed E-state index contributed by atoms with van der Waals surface area (Å²) in [4.78, 5) is 28.2. The first-order chi connectivity index (χ1) is 10.2. The van der Waals surface area contributed by atoms with Crippen LogP contribution in [-0.2, 0) is 19.6 Å². The van der Waals surface area contributed by atoms with Crippen LogP contribution < -0.4 is 17.0 Å². The number of aromatic nitrogens is 5. The average molecular weight is 292 g/mol. The lowest BCUT2D eigenvalue weighted by Crippen LogP contribution is -2.39. The standard InChI is InChI=1S/C13H20N6O2/c1-2-6-19-11(15-10-16-19)9-17-8-4-12(20)18(13(17)21)7-3-5-14/h4,8,10H,2-3,5-7,9,14H2,1H3. The normalized spacial score (nSPS) is 11.0. The molecule has 0 bridgehead atoms. The van der Waals surface area contributed by atoms with Crippen LogP contribution in [0.1, 0.15) is 25.6 Å². The highest BCUT2D eigenvalue weighted by Crippen LogP contribution is 1.98. The molecule has 0 aromatic carbocycles. The van der Waals surface area contributed by atoms with Crippen LogP contribution in [0, 0.1) is 0 Å². The van der Waals surface area contributed by atoms with Crippen molar-refractivity contribution in [2.45, 2.75) is 39.4 Å². The molecular weight excluding hydrogens is 272 g/mol. The van der Waals surface area contributed by atoms with Gasteiger partial charge in [0.05, 0.1) is 6.54 Å². The SMILES string of the molecule is CCCn1ncnc1Cn1ccc(=O)n(CCCN)c1=O. The molecule has 0 aliphatic heterocycles. The monoisotopic (exact) mass is 292 g/mol. The summed E-state index contributed by atoms with van der Waals surface area (Å²) in [5.74, 6) is 0.697. The molecule has 0 aliphatic rings. The third-order valence-corrected chi connectivity index (χ3v) is 3.17. The van der Waals surface area contributed by atoms with Gasteiger partial charge in [-0.3, -0.25) is 13.9 Å². The van der Waals surface area contributed by atoms with Gasteiger partial charge in [-0.1, -0.05) is 6.92 Å². The van der Waals surface area contributed by atoms with E-state index in [1.54, 1.807) is 4.68 Å². The fraction of sp³-hybridized carbons (Fsp3) is 0.538. The average Bonchev–Trinajstić information content (AvgIpc) is 2.90. The Morgan fingerprint density at radius 1 is 1.29 bits per heavy atom. The van der Waals surface area contributed by atoms with Crippen molar-refractivity contribution in [1.29, 1.82) is 0 Å². The minimum absolute atomic E-state index is 0.293. The van der Waals surface area contributed by atoms with E-state index in [1.807, 2.05) is 6.92 Å². The van der Waals surface area contributed by atoms with Gasteiger partial charge < -0.3 is 5.73 Å². The van der Waals surface area contributed by atoms with E-state index >= 15 is 0 Å². The third-order valence-electron chi connectivity index (χ3n) is 3.17. The van der Waals surface area contributed by atoms with Crippen LogP contribution in [0.4, 0.5) is 0 Å². The summed E-state index contributed by atoms with van der Waals surface area (Å²) in [5, 5.41) is 4.13. The van der Waals surface area contributed by atoms with Crippen LogP contribution in [0.3, 0.4) is 0 Å². The van der Waals surface area contributed by atoms with Crippen LogP contribution >= 0.6 is 0 Å². The Kier molecular flexibility index (Phi) is 5.04. The molecule has 0 saturated carbocycles. The number of rotatable bonds is 7. The van der Waals surface area contributed by atoms with E-state index in [-0.39, 0.29) is 11.2 Å². The van der Waals surface area contributed by atoms with E-state index in [1.165, 1.54) is 27.7 Å². The first-order valence-corrected chi connectivity index (χ1v) is 7.04. The number of nitrogens with zero attached hydrogens (tertiary/aromatic N) is 5. The molecule has 0 atom stereocenters. The molecule has 2 rings (SSSR count). The van der Waals surface area contributed by atoms with Gasteiger partial charge >= 0.3 is 5.69 Å². The molecule has 2 aromatic heterocycles. The molecule has 2 heterocycles. The van der Waals surface area contributed by atoms with Gasteiger partial charge in [-0.2, -0.15) is 5.10 Å². The first kappa shape index (κ1) is 15.2. The van der Waals surface area contributed by atoms with Crippen LogP contribution in [0.5, 0.6) is 0 Å². The smallest absolute Gasteiger partial charge is 0.330 e. The molecule has 0 amide bonds. The van der Waals surface area contributed by atoms with Crippen molar-refractivity contribution in [1.82, 2.24) is 23.9 Å². The maximum atomic E-state index is 12.3. The zero-order valence-corrected chi connectivity index (χ0v) is 12.1. The van der Waals surface area contributed by atoms with Crippen LogP contribution in [0.25, 0.3) is 0 Å². The van der Waals surface area contributed by atoms with Crippen molar-refractivity contribution < 1.29 is 0 Å². The molecule has 0 fully saturated rings. The highest BCUT2D eigenvalue weighted by molar-refractivity contribution is 4.92. The van der Waals surface area contributed by atoms with E-state index < -0.39 is 0 Å². The Bertz CT molecular complexity index is 699. The van der Waals surface area contributed by atoms with Crippen molar-refractivity contribution in [3.05, 3.63) is 45.3 Å². The second-order valence-electron chi connectivity index (χ2n) is 4.76. The Morgan fingerprint density at radius 2 is 2.10 bits per heavy atom. The summed E-state index contributed by atoms with van der Waals surface area (Å²) in [6.45, 7) is 3.85. The molecular formula is C13H20N6O2. The van der Waals surface area contributed by atoms with Gasteiger partial charge in [0, 0.05) is 25.4 Å². The summed E-state index contributed by atoms with van der Waals surface area (Å²) in [5.41, 5.74) is 4.78. The summed E-state index contributed by atoms with van der Waals surface area (Å²) in [6, 6.07) is 1.39. The van der Waals surface area contributed by atoms with Crippen LogP contribution in [0.15, 0.2) is 28.2 Å². The van der Waals surface area contributed by atoms with E-state index in [9.17, 15) is 9.59 Å². The highest BCUT2D eigenvalue weighted by atomic mass is 16.2. The molecule has 2 N–H and O–H groups in total. The molecule has 114 valence electrons. The molecule has 0 radical (unpaired) electrons. The van der Waals surface area contributed by atoms with E-state index in [2.05, 4.69) is 10.1 Å². The lowest BCUT2D eigenvalue weighted by molar-refractivity contribution is 0.519. The molecule has 2 aromatic rings. The van der Waals surface area contributed by atoms with Gasteiger partial charge in [0.2, 0.25) is 0 Å². The zero-order valence-electron chi connectivity index (χ0n) is 12.1. The fourth-order valence-electron chi connectivity index (χ4n) is 2.09. The van der Waals surface area contributed by atoms with Crippen molar-refractivity contribution >= 4 is 0 Å². The quantitative estimate of drug-likeness (QED) is 0.735. The number of aryl methyl sites for hydroxylation is 1. The predicted octanol–water partition coefficient (Wildman–Crippen LogP) is -0.591. The maximum Gasteiger partial charge on any atom is 0.331 e. The van der Waals surface area contributed by atoms with Gasteiger partial charge in [-0.25, -0.2) is 14.5 Å². The van der Waals surface area contributed by atoms with E-state index in [4.69, 9.17) is 5.73 Å². The van der Waals surface area contributed by atoms with Gasteiger partial charge in [-0.05, 0) is 19.4 Å². The Morgan fingerprint density at radius 3 is 2.81 bits per heavy atom. The van der Waals surface area contributed by atoms with Crippen LogP contribution in [0.2, 0.25) is 0 Å². The summed E-state index contributed by atoms with van der Waals surface area (Å²) in [7, 11) is 0. The van der Waals surface area contributed by atoms with Crippen molar-refractivity contribution in [3.8, 4) is 0 Å². The third kappa shape index (κ3) is 3.46. The number of hydrogen-bond donors (Lipinski definition) is 1. The first-order valence-electron chi connectivity index (χ1n) is 7.04. The van der Waals surface area contributed by atoms with Crippen molar-refractivity contribution in [3.63, 3.8) is 0 Å². The Balaban J connectivity index is 2.30. The fourth-order valence-corrected chi connectivity index (χ4v) is 2.09. The topological polar surface area (TPSA) is 101 Å². The zero-order chi connectivity index (χ0) is 15.2. The molecule has 0 aliphatic carbocycles. The van der Waals surface area contributed by atoms with E-state index in [0.717, 1.165) is 13.0 Å². The highest BCUT2D eigenvalue weighted by Gasteiger charge is 2.09. The molecule has 0 unspecified atom stereocenters. The summed E-state index contributed by atoms with van der Waals surface area (Å²) in [6.07, 6.45) is 4.49. The van der Waals surface area contributed by atoms with Gasteiger partial charge in [0.25, 0.3) is 5.56 Å². The number of nitrogens with two attached hydrogens (primary N) is 1. The molecule has 8 heteroatoms. The lowest BCUT2D eigenvalue weighted by Gasteiger charge is -2.10. The summed E-state index contributed by atoms with van der Waals surface area (Å²) >= 11 is 0. The van der Waals surface area contributed by atoms with Gasteiger partial charge in [-0.15, -0.1) is 0 Å². The van der Waals surface area contributed by atoms with Crippen LogP contribution in [-0.4, -0.2) is 30.4 Å². The second-order valence-corrected chi connectivity index (χ2v) is 4.76. The van der Waals surface area contributed by atoms with Gasteiger partial charge in [0.15, 0.2) is 0 Å².